The summed E-state index contributed by atoms with van der Waals surface area (Å²) in [6.07, 6.45) is 2.45. The number of ether oxygens (including phenoxy) is 2. The Balaban J connectivity index is 1.66. The second kappa shape index (κ2) is 11.0. The molecule has 2 aromatic carbocycles. The van der Waals surface area contributed by atoms with Gasteiger partial charge in [0.05, 0.1) is 31.1 Å². The van der Waals surface area contributed by atoms with Gasteiger partial charge in [0.25, 0.3) is 17.6 Å². The standard InChI is InChI=1S/C30H33N3O6/c1-3-13-32-24-8-6-5-7-23(24)30(29(32)37)25(26(34)21-9-11-22(12-10-21)39-18-4-2)27(35)28(36)33(30)15-14-31-16-19-38-20-17-31/h3,5-12,34H,1,4,13-20H2,2H3/t30-/m0/s1. The molecule has 0 aliphatic carbocycles. The number of ketones is 1. The summed E-state index contributed by atoms with van der Waals surface area (Å²) in [6.45, 7) is 9.66. The number of para-hydroxylation sites is 1. The van der Waals surface area contributed by atoms with E-state index in [-0.39, 0.29) is 18.7 Å². The van der Waals surface area contributed by atoms with Gasteiger partial charge in [-0.3, -0.25) is 19.3 Å². The number of anilines is 1. The highest BCUT2D eigenvalue weighted by Crippen LogP contribution is 2.53. The number of hydrogen-bond donors (Lipinski definition) is 1. The molecular formula is C30H33N3O6. The molecule has 39 heavy (non-hydrogen) atoms. The van der Waals surface area contributed by atoms with E-state index in [1.165, 1.54) is 9.80 Å². The van der Waals surface area contributed by atoms with Crippen LogP contribution in [-0.2, 0) is 24.7 Å². The number of aliphatic hydroxyl groups excluding tert-OH is 1. The van der Waals surface area contributed by atoms with Crippen LogP contribution in [0.3, 0.4) is 0 Å². The maximum absolute atomic E-state index is 14.4. The molecule has 0 unspecified atom stereocenters. The molecule has 2 aromatic rings. The number of carbonyl (C=O) groups excluding carboxylic acids is 3. The largest absolute Gasteiger partial charge is 0.507 e. The number of Topliss-reactive ketones (excluding diaryl/α,β-unsaturated/α-hetero) is 1. The molecule has 1 N–H and O–H groups in total. The van der Waals surface area contributed by atoms with E-state index in [4.69, 9.17) is 9.47 Å². The van der Waals surface area contributed by atoms with Crippen LogP contribution in [0, 0.1) is 0 Å². The van der Waals surface area contributed by atoms with Crippen molar-refractivity contribution < 1.29 is 29.0 Å². The monoisotopic (exact) mass is 531 g/mol. The van der Waals surface area contributed by atoms with E-state index in [9.17, 15) is 19.5 Å². The summed E-state index contributed by atoms with van der Waals surface area (Å²) < 4.78 is 11.1. The molecule has 1 spiro atoms. The zero-order valence-corrected chi connectivity index (χ0v) is 22.1. The molecule has 3 heterocycles. The third-order valence-electron chi connectivity index (χ3n) is 7.47. The molecule has 9 heteroatoms. The lowest BCUT2D eigenvalue weighted by Gasteiger charge is -2.36. The van der Waals surface area contributed by atoms with Crippen molar-refractivity contribution in [2.75, 3.05) is 57.4 Å². The third kappa shape index (κ3) is 4.41. The highest BCUT2D eigenvalue weighted by atomic mass is 16.5. The van der Waals surface area contributed by atoms with Crippen LogP contribution in [0.15, 0.2) is 66.8 Å². The predicted molar refractivity (Wildman–Crippen MR) is 146 cm³/mol. The van der Waals surface area contributed by atoms with Gasteiger partial charge < -0.3 is 24.4 Å². The Morgan fingerprint density at radius 2 is 1.79 bits per heavy atom. The fraction of sp³-hybridized carbons (Fsp3) is 0.367. The summed E-state index contributed by atoms with van der Waals surface area (Å²) >= 11 is 0. The third-order valence-corrected chi connectivity index (χ3v) is 7.47. The number of rotatable bonds is 9. The van der Waals surface area contributed by atoms with E-state index in [0.717, 1.165) is 6.42 Å². The average Bonchev–Trinajstić information content (AvgIpc) is 3.34. The van der Waals surface area contributed by atoms with Crippen LogP contribution in [-0.4, -0.2) is 85.0 Å². The fourth-order valence-electron chi connectivity index (χ4n) is 5.62. The average molecular weight is 532 g/mol. The first-order chi connectivity index (χ1) is 18.9. The molecule has 0 bridgehead atoms. The number of aliphatic hydroxyl groups is 1. The van der Waals surface area contributed by atoms with Crippen LogP contribution >= 0.6 is 0 Å². The van der Waals surface area contributed by atoms with Crippen LogP contribution in [0.1, 0.15) is 24.5 Å². The molecule has 2 amide bonds. The van der Waals surface area contributed by atoms with Crippen molar-refractivity contribution in [1.82, 2.24) is 9.80 Å². The predicted octanol–water partition coefficient (Wildman–Crippen LogP) is 2.92. The Morgan fingerprint density at radius 3 is 2.49 bits per heavy atom. The topological polar surface area (TPSA) is 99.6 Å². The highest BCUT2D eigenvalue weighted by molar-refractivity contribution is 6.50. The summed E-state index contributed by atoms with van der Waals surface area (Å²) in [6, 6.07) is 13.8. The number of nitrogens with zero attached hydrogens (tertiary/aromatic N) is 3. The number of benzene rings is 2. The van der Waals surface area contributed by atoms with Crippen LogP contribution in [0.4, 0.5) is 5.69 Å². The van der Waals surface area contributed by atoms with Crippen molar-refractivity contribution in [2.24, 2.45) is 0 Å². The second-order valence-corrected chi connectivity index (χ2v) is 9.77. The lowest BCUT2D eigenvalue weighted by atomic mass is 9.82. The highest BCUT2D eigenvalue weighted by Gasteiger charge is 2.66. The van der Waals surface area contributed by atoms with E-state index >= 15 is 0 Å². The number of fused-ring (bicyclic) bond motifs is 2. The summed E-state index contributed by atoms with van der Waals surface area (Å²) in [7, 11) is 0. The first-order valence-electron chi connectivity index (χ1n) is 13.3. The molecule has 2 saturated heterocycles. The quantitative estimate of drug-likeness (QED) is 0.230. The second-order valence-electron chi connectivity index (χ2n) is 9.77. The lowest BCUT2D eigenvalue weighted by Crippen LogP contribution is -2.54. The molecule has 2 fully saturated rings. The molecule has 204 valence electrons. The number of amides is 2. The Labute approximate surface area is 227 Å². The summed E-state index contributed by atoms with van der Waals surface area (Å²) in [5.41, 5.74) is -0.628. The van der Waals surface area contributed by atoms with Crippen molar-refractivity contribution in [2.45, 2.75) is 18.9 Å². The summed E-state index contributed by atoms with van der Waals surface area (Å²) in [5, 5.41) is 11.6. The molecule has 1 atom stereocenters. The Kier molecular flexibility index (Phi) is 7.54. The van der Waals surface area contributed by atoms with Gasteiger partial charge in [-0.25, -0.2) is 0 Å². The molecular weight excluding hydrogens is 498 g/mol. The minimum Gasteiger partial charge on any atom is -0.507 e. The van der Waals surface area contributed by atoms with E-state index in [2.05, 4.69) is 11.5 Å². The summed E-state index contributed by atoms with van der Waals surface area (Å²) in [4.78, 5) is 46.8. The van der Waals surface area contributed by atoms with Crippen LogP contribution < -0.4 is 9.64 Å². The van der Waals surface area contributed by atoms with Gasteiger partial charge in [-0.05, 0) is 36.8 Å². The molecule has 3 aliphatic heterocycles. The van der Waals surface area contributed by atoms with E-state index in [1.54, 1.807) is 54.6 Å². The molecule has 0 aromatic heterocycles. The van der Waals surface area contributed by atoms with Crippen molar-refractivity contribution in [1.29, 1.82) is 0 Å². The first-order valence-corrected chi connectivity index (χ1v) is 13.3. The van der Waals surface area contributed by atoms with Gasteiger partial charge in [0.2, 0.25) is 0 Å². The number of hydrogen-bond acceptors (Lipinski definition) is 7. The summed E-state index contributed by atoms with van der Waals surface area (Å²) in [5.74, 6) is -1.93. The first kappa shape index (κ1) is 26.6. The van der Waals surface area contributed by atoms with E-state index in [0.29, 0.717) is 62.0 Å². The van der Waals surface area contributed by atoms with E-state index < -0.39 is 28.9 Å². The maximum Gasteiger partial charge on any atom is 0.296 e. The number of morpholine rings is 1. The van der Waals surface area contributed by atoms with Crippen molar-refractivity contribution in [3.05, 3.63) is 77.9 Å². The lowest BCUT2D eigenvalue weighted by molar-refractivity contribution is -0.144. The van der Waals surface area contributed by atoms with Gasteiger partial charge in [0, 0.05) is 43.9 Å². The van der Waals surface area contributed by atoms with Gasteiger partial charge in [-0.2, -0.15) is 0 Å². The van der Waals surface area contributed by atoms with Crippen LogP contribution in [0.25, 0.3) is 5.76 Å². The Hall–Kier alpha value is -3.95. The smallest absolute Gasteiger partial charge is 0.296 e. The normalized spacial score (nSPS) is 22.5. The van der Waals surface area contributed by atoms with Gasteiger partial charge >= 0.3 is 0 Å². The van der Waals surface area contributed by atoms with Gasteiger partial charge in [0.15, 0.2) is 5.54 Å². The SMILES string of the molecule is C=CCN1C(=O)[C@@]2(C(=C(O)c3ccc(OCCC)cc3)C(=O)C(=O)N2CCN2CCOCC2)c2ccccc21. The zero-order valence-electron chi connectivity index (χ0n) is 22.1. The number of likely N-dealkylation sites (tertiary alicyclic amines) is 1. The molecule has 3 aliphatic rings. The van der Waals surface area contributed by atoms with Crippen LogP contribution in [0.5, 0.6) is 5.75 Å². The fourth-order valence-corrected chi connectivity index (χ4v) is 5.62. The molecule has 0 radical (unpaired) electrons. The van der Waals surface area contributed by atoms with Gasteiger partial charge in [-0.1, -0.05) is 31.2 Å². The van der Waals surface area contributed by atoms with Gasteiger partial charge in [-0.15, -0.1) is 6.58 Å². The Bertz CT molecular complexity index is 1310. The number of carbonyl (C=O) groups is 3. The molecule has 0 saturated carbocycles. The molecule has 5 rings (SSSR count). The van der Waals surface area contributed by atoms with Crippen molar-refractivity contribution in [3.63, 3.8) is 0 Å². The van der Waals surface area contributed by atoms with Crippen molar-refractivity contribution >= 4 is 29.0 Å². The van der Waals surface area contributed by atoms with Gasteiger partial charge in [0.1, 0.15) is 11.5 Å². The minimum atomic E-state index is -1.79. The Morgan fingerprint density at radius 1 is 1.08 bits per heavy atom. The van der Waals surface area contributed by atoms with E-state index in [1.807, 2.05) is 6.92 Å². The maximum atomic E-state index is 14.4. The van der Waals surface area contributed by atoms with Crippen LogP contribution in [0.2, 0.25) is 0 Å². The molecule has 9 nitrogen and oxygen atoms in total. The zero-order chi connectivity index (χ0) is 27.6. The minimum absolute atomic E-state index is 0.132. The van der Waals surface area contributed by atoms with Crippen molar-refractivity contribution in [3.8, 4) is 5.75 Å².